The van der Waals surface area contributed by atoms with Gasteiger partial charge in [-0.05, 0) is 43.9 Å². The first-order valence-electron chi connectivity index (χ1n) is 8.82. The number of aryl methyl sites for hydroxylation is 1. The number of carbonyl (C=O) groups excluding carboxylic acids is 1. The van der Waals surface area contributed by atoms with E-state index in [2.05, 4.69) is 5.10 Å². The highest BCUT2D eigenvalue weighted by atomic mass is 35.5. The highest BCUT2D eigenvalue weighted by Gasteiger charge is 2.37. The molecule has 1 saturated carbocycles. The lowest BCUT2D eigenvalue weighted by molar-refractivity contribution is -0.141. The van der Waals surface area contributed by atoms with E-state index in [1.807, 2.05) is 25.1 Å². The molecular formula is C19H20ClN3O3. The molecule has 7 heteroatoms. The zero-order valence-electron chi connectivity index (χ0n) is 14.5. The van der Waals surface area contributed by atoms with Crippen LogP contribution in [0.1, 0.15) is 46.8 Å². The molecule has 1 aromatic carbocycles. The van der Waals surface area contributed by atoms with Crippen LogP contribution in [0.15, 0.2) is 24.4 Å². The standard InChI is InChI=1S/C19H20ClN3O3/c1-11-2-5-14(8-16(11)20)23-17(12-3-4-12)15(9-21-23)18(24)22-7-6-13(10-22)19(25)26/h2,5,8-9,12-13H,3-4,6-7,10H2,1H3,(H,25,26)/t13-/m0/s1. The average Bonchev–Trinajstić information content (AvgIpc) is 3.16. The number of benzene rings is 1. The second-order valence-electron chi connectivity index (χ2n) is 7.14. The second-order valence-corrected chi connectivity index (χ2v) is 7.55. The first kappa shape index (κ1) is 17.1. The third-order valence-corrected chi connectivity index (χ3v) is 5.63. The van der Waals surface area contributed by atoms with E-state index in [-0.39, 0.29) is 12.5 Å². The number of hydrogen-bond donors (Lipinski definition) is 1. The average molecular weight is 374 g/mol. The fourth-order valence-electron chi connectivity index (χ4n) is 3.51. The van der Waals surface area contributed by atoms with Crippen molar-refractivity contribution in [3.63, 3.8) is 0 Å². The van der Waals surface area contributed by atoms with Gasteiger partial charge in [-0.3, -0.25) is 9.59 Å². The van der Waals surface area contributed by atoms with E-state index in [0.717, 1.165) is 29.8 Å². The molecule has 2 heterocycles. The van der Waals surface area contributed by atoms with E-state index in [1.54, 1.807) is 15.8 Å². The second kappa shape index (κ2) is 6.43. The number of amides is 1. The first-order chi connectivity index (χ1) is 12.5. The number of carbonyl (C=O) groups is 2. The Morgan fingerprint density at radius 2 is 2.04 bits per heavy atom. The highest BCUT2D eigenvalue weighted by molar-refractivity contribution is 6.31. The molecule has 1 saturated heterocycles. The van der Waals surface area contributed by atoms with Crippen LogP contribution in [0.25, 0.3) is 5.69 Å². The van der Waals surface area contributed by atoms with Crippen molar-refractivity contribution in [1.82, 2.24) is 14.7 Å². The Bertz CT molecular complexity index is 888. The van der Waals surface area contributed by atoms with Gasteiger partial charge in [-0.2, -0.15) is 5.10 Å². The number of nitrogens with zero attached hydrogens (tertiary/aromatic N) is 3. The van der Waals surface area contributed by atoms with Crippen LogP contribution in [-0.4, -0.2) is 44.8 Å². The Morgan fingerprint density at radius 1 is 1.27 bits per heavy atom. The summed E-state index contributed by atoms with van der Waals surface area (Å²) in [5, 5.41) is 14.3. The summed E-state index contributed by atoms with van der Waals surface area (Å²) in [7, 11) is 0. The van der Waals surface area contributed by atoms with Crippen LogP contribution in [0.3, 0.4) is 0 Å². The molecular weight excluding hydrogens is 354 g/mol. The topological polar surface area (TPSA) is 75.4 Å². The quantitative estimate of drug-likeness (QED) is 0.892. The molecule has 0 unspecified atom stereocenters. The normalized spacial score (nSPS) is 19.8. The largest absolute Gasteiger partial charge is 0.481 e. The Kier molecular flexibility index (Phi) is 4.23. The minimum absolute atomic E-state index is 0.125. The number of hydrogen-bond acceptors (Lipinski definition) is 3. The number of carboxylic acids is 1. The van der Waals surface area contributed by atoms with E-state index in [4.69, 9.17) is 11.6 Å². The fourth-order valence-corrected chi connectivity index (χ4v) is 3.68. The summed E-state index contributed by atoms with van der Waals surface area (Å²) in [6.07, 6.45) is 4.17. The van der Waals surface area contributed by atoms with Crippen molar-refractivity contribution in [2.75, 3.05) is 13.1 Å². The van der Waals surface area contributed by atoms with Crippen LogP contribution in [0.2, 0.25) is 5.02 Å². The van der Waals surface area contributed by atoms with Crippen molar-refractivity contribution >= 4 is 23.5 Å². The summed E-state index contributed by atoms with van der Waals surface area (Å²) >= 11 is 6.26. The van der Waals surface area contributed by atoms with Gasteiger partial charge in [0.25, 0.3) is 5.91 Å². The molecule has 2 aliphatic rings. The third kappa shape index (κ3) is 2.98. The molecule has 1 atom stereocenters. The maximum absolute atomic E-state index is 13.0. The van der Waals surface area contributed by atoms with Gasteiger partial charge in [-0.1, -0.05) is 17.7 Å². The van der Waals surface area contributed by atoms with Gasteiger partial charge in [-0.25, -0.2) is 4.68 Å². The fraction of sp³-hybridized carbons (Fsp3) is 0.421. The number of carboxylic acid groups (broad SMARTS) is 1. The number of aliphatic carboxylic acids is 1. The molecule has 1 aliphatic heterocycles. The number of halogens is 1. The molecule has 0 spiro atoms. The smallest absolute Gasteiger partial charge is 0.308 e. The van der Waals surface area contributed by atoms with Crippen LogP contribution in [0, 0.1) is 12.8 Å². The number of aromatic nitrogens is 2. The lowest BCUT2D eigenvalue weighted by Crippen LogP contribution is -2.30. The summed E-state index contributed by atoms with van der Waals surface area (Å²) in [5.74, 6) is -1.13. The zero-order chi connectivity index (χ0) is 18.4. The zero-order valence-corrected chi connectivity index (χ0v) is 15.2. The van der Waals surface area contributed by atoms with Crippen LogP contribution < -0.4 is 0 Å². The van der Waals surface area contributed by atoms with Crippen molar-refractivity contribution in [1.29, 1.82) is 0 Å². The Hall–Kier alpha value is -2.34. The predicted molar refractivity (Wildman–Crippen MR) is 96.9 cm³/mol. The predicted octanol–water partition coefficient (Wildman–Crippen LogP) is 3.26. The van der Waals surface area contributed by atoms with Gasteiger partial charge in [-0.15, -0.1) is 0 Å². The summed E-state index contributed by atoms with van der Waals surface area (Å²) in [5.41, 5.74) is 3.32. The molecule has 0 bridgehead atoms. The molecule has 2 aromatic rings. The van der Waals surface area contributed by atoms with E-state index < -0.39 is 11.9 Å². The molecule has 1 aliphatic carbocycles. The van der Waals surface area contributed by atoms with Crippen molar-refractivity contribution in [2.24, 2.45) is 5.92 Å². The minimum Gasteiger partial charge on any atom is -0.481 e. The Morgan fingerprint density at radius 3 is 2.65 bits per heavy atom. The summed E-state index contributed by atoms with van der Waals surface area (Å²) < 4.78 is 1.81. The summed E-state index contributed by atoms with van der Waals surface area (Å²) in [6, 6.07) is 5.75. The molecule has 6 nitrogen and oxygen atoms in total. The summed E-state index contributed by atoms with van der Waals surface area (Å²) in [4.78, 5) is 25.8. The van der Waals surface area contributed by atoms with Gasteiger partial charge in [0, 0.05) is 24.0 Å². The van der Waals surface area contributed by atoms with Gasteiger partial charge >= 0.3 is 5.97 Å². The molecule has 26 heavy (non-hydrogen) atoms. The minimum atomic E-state index is -0.840. The lowest BCUT2D eigenvalue weighted by Gasteiger charge is -2.16. The van der Waals surface area contributed by atoms with E-state index in [9.17, 15) is 14.7 Å². The lowest BCUT2D eigenvalue weighted by atomic mass is 10.1. The maximum Gasteiger partial charge on any atom is 0.308 e. The van der Waals surface area contributed by atoms with E-state index in [0.29, 0.717) is 29.5 Å². The van der Waals surface area contributed by atoms with Crippen molar-refractivity contribution in [2.45, 2.75) is 32.1 Å². The van der Waals surface area contributed by atoms with E-state index >= 15 is 0 Å². The van der Waals surface area contributed by atoms with E-state index in [1.165, 1.54) is 0 Å². The van der Waals surface area contributed by atoms with Gasteiger partial charge < -0.3 is 10.0 Å². The molecule has 1 N–H and O–H groups in total. The molecule has 2 fully saturated rings. The monoisotopic (exact) mass is 373 g/mol. The number of likely N-dealkylation sites (tertiary alicyclic amines) is 1. The third-order valence-electron chi connectivity index (χ3n) is 5.23. The molecule has 1 amide bonds. The number of rotatable bonds is 4. The van der Waals surface area contributed by atoms with Crippen molar-refractivity contribution < 1.29 is 14.7 Å². The van der Waals surface area contributed by atoms with Crippen LogP contribution >= 0.6 is 11.6 Å². The SMILES string of the molecule is Cc1ccc(-n2ncc(C(=O)N3CC[C@H](C(=O)O)C3)c2C2CC2)cc1Cl. The summed E-state index contributed by atoms with van der Waals surface area (Å²) in [6.45, 7) is 2.68. The first-order valence-corrected chi connectivity index (χ1v) is 9.20. The molecule has 4 rings (SSSR count). The van der Waals surface area contributed by atoms with Gasteiger partial charge in [0.15, 0.2) is 0 Å². The van der Waals surface area contributed by atoms with Crippen LogP contribution in [0.5, 0.6) is 0 Å². The molecule has 1 aromatic heterocycles. The highest BCUT2D eigenvalue weighted by Crippen LogP contribution is 2.43. The molecule has 136 valence electrons. The van der Waals surface area contributed by atoms with Crippen molar-refractivity contribution in [3.05, 3.63) is 46.2 Å². The van der Waals surface area contributed by atoms with Crippen LogP contribution in [-0.2, 0) is 4.79 Å². The van der Waals surface area contributed by atoms with Gasteiger partial charge in [0.05, 0.1) is 29.1 Å². The van der Waals surface area contributed by atoms with Crippen LogP contribution in [0.4, 0.5) is 0 Å². The Balaban J connectivity index is 1.67. The maximum atomic E-state index is 13.0. The van der Waals surface area contributed by atoms with Gasteiger partial charge in [0.2, 0.25) is 0 Å². The van der Waals surface area contributed by atoms with Gasteiger partial charge in [0.1, 0.15) is 0 Å². The Labute approximate surface area is 156 Å². The van der Waals surface area contributed by atoms with Crippen molar-refractivity contribution in [3.8, 4) is 5.69 Å². The molecule has 0 radical (unpaired) electrons.